The first kappa shape index (κ1) is 22.2. The van der Waals surface area contributed by atoms with E-state index in [9.17, 15) is 10.2 Å². The second-order valence-electron chi connectivity index (χ2n) is 9.39. The molecule has 1 fully saturated rings. The minimum Gasteiger partial charge on any atom is -0.507 e. The molecule has 0 saturated carbocycles. The molecule has 0 radical (unpaired) electrons. The Labute approximate surface area is 172 Å². The predicted octanol–water partition coefficient (Wildman–Crippen LogP) is 4.71. The summed E-state index contributed by atoms with van der Waals surface area (Å²) in [6, 6.07) is 4.16. The quantitative estimate of drug-likeness (QED) is 0.769. The number of aromatic nitrogens is 1. The molecule has 2 aromatic rings. The van der Waals surface area contributed by atoms with Crippen LogP contribution in [0.2, 0.25) is 0 Å². The molecule has 1 aromatic carbocycles. The Morgan fingerprint density at radius 2 is 1.59 bits per heavy atom. The maximum absolute atomic E-state index is 10.9. The summed E-state index contributed by atoms with van der Waals surface area (Å²) in [4.78, 5) is 7.02. The van der Waals surface area contributed by atoms with Crippen LogP contribution in [0.1, 0.15) is 57.7 Å². The lowest BCUT2D eigenvalue weighted by Gasteiger charge is -2.34. The highest BCUT2D eigenvalue weighted by molar-refractivity contribution is 7.09. The van der Waals surface area contributed by atoms with E-state index in [4.69, 9.17) is 4.98 Å². The summed E-state index contributed by atoms with van der Waals surface area (Å²) >= 11 is 1.66. The Bertz CT molecular complexity index is 764. The fraction of sp³-hybridized carbons (Fsp3) is 0.571. The van der Waals surface area contributed by atoms with Gasteiger partial charge in [0.2, 0.25) is 0 Å². The Morgan fingerprint density at radius 3 is 2.04 bits per heavy atom. The van der Waals surface area contributed by atoms with Crippen molar-refractivity contribution < 1.29 is 10.2 Å². The molecule has 2 heterocycles. The number of β-amino-alcohol motifs (C(OH)–C–C–N with tert-alkyl or cyclic N) is 1. The largest absolute Gasteiger partial charge is 0.507 e. The molecule has 1 aromatic heterocycles. The molecule has 0 bridgehead atoms. The van der Waals surface area contributed by atoms with Crippen LogP contribution in [-0.2, 0) is 17.4 Å². The summed E-state index contributed by atoms with van der Waals surface area (Å²) in [6.07, 6.45) is -0.185. The number of phenolic OH excluding ortho intramolecular Hbond substituents is 1. The summed E-state index contributed by atoms with van der Waals surface area (Å²) in [5.41, 5.74) is 3.64. The number of benzene rings is 1. The third-order valence-electron chi connectivity index (χ3n) is 4.87. The van der Waals surface area contributed by atoms with Gasteiger partial charge < -0.3 is 10.2 Å². The van der Waals surface area contributed by atoms with Crippen LogP contribution in [0.25, 0.3) is 11.3 Å². The van der Waals surface area contributed by atoms with Gasteiger partial charge in [-0.1, -0.05) is 41.5 Å². The highest BCUT2D eigenvalue weighted by Crippen LogP contribution is 2.42. The number of thiazole rings is 1. The average molecular weight is 411 g/mol. The lowest BCUT2D eigenvalue weighted by Crippen LogP contribution is -2.49. The van der Waals surface area contributed by atoms with E-state index < -0.39 is 0 Å². The third kappa shape index (κ3) is 4.83. The molecule has 1 saturated heterocycles. The molecule has 6 heteroatoms. The van der Waals surface area contributed by atoms with Crippen molar-refractivity contribution in [3.63, 3.8) is 0 Å². The number of likely N-dealkylation sites (tertiary alicyclic amines) is 1. The molecule has 2 N–H and O–H groups in total. The zero-order valence-corrected chi connectivity index (χ0v) is 18.7. The number of phenols is 1. The number of hydrogen-bond acceptors (Lipinski definition) is 5. The Hall–Kier alpha value is -1.14. The summed E-state index contributed by atoms with van der Waals surface area (Å²) < 4.78 is 0. The number of aliphatic hydroxyl groups excluding tert-OH is 1. The molecular formula is C21H31ClN2O2S. The molecule has 3 rings (SSSR count). The number of aliphatic hydroxyl groups is 1. The van der Waals surface area contributed by atoms with Crippen LogP contribution in [0.4, 0.5) is 0 Å². The van der Waals surface area contributed by atoms with Crippen LogP contribution in [-0.4, -0.2) is 39.3 Å². The van der Waals surface area contributed by atoms with E-state index >= 15 is 0 Å². The van der Waals surface area contributed by atoms with Gasteiger partial charge in [0.1, 0.15) is 10.8 Å². The zero-order valence-electron chi connectivity index (χ0n) is 17.0. The topological polar surface area (TPSA) is 56.6 Å². The minimum atomic E-state index is -0.185. The summed E-state index contributed by atoms with van der Waals surface area (Å²) in [5.74, 6) is 0.402. The van der Waals surface area contributed by atoms with E-state index in [2.05, 4.69) is 64.0 Å². The van der Waals surface area contributed by atoms with E-state index in [0.29, 0.717) is 5.75 Å². The fourth-order valence-electron chi connectivity index (χ4n) is 3.30. The van der Waals surface area contributed by atoms with E-state index in [1.807, 2.05) is 0 Å². The lowest BCUT2D eigenvalue weighted by atomic mass is 9.78. The summed E-state index contributed by atoms with van der Waals surface area (Å²) in [6.45, 7) is 15.0. The average Bonchev–Trinajstić information content (AvgIpc) is 2.92. The Morgan fingerprint density at radius 1 is 1.07 bits per heavy atom. The highest BCUT2D eigenvalue weighted by Gasteiger charge is 2.28. The fourth-order valence-corrected chi connectivity index (χ4v) is 4.15. The Kier molecular flexibility index (Phi) is 6.32. The van der Waals surface area contributed by atoms with E-state index in [0.717, 1.165) is 47.0 Å². The van der Waals surface area contributed by atoms with Crippen LogP contribution in [0.5, 0.6) is 5.75 Å². The molecule has 4 nitrogen and oxygen atoms in total. The van der Waals surface area contributed by atoms with Crippen LogP contribution < -0.4 is 0 Å². The standard InChI is InChI=1S/C21H30N2O2S.ClH/c1-20(2,3)15-7-13(8-16(19(15)25)21(4,5)6)17-12-26-18(22-17)11-23-9-14(24)10-23;/h7-8,12,14,24-25H,9-11H2,1-6H3;1H. The van der Waals surface area contributed by atoms with Gasteiger partial charge in [0.25, 0.3) is 0 Å². The maximum atomic E-state index is 10.9. The van der Waals surface area contributed by atoms with Gasteiger partial charge in [-0.25, -0.2) is 4.98 Å². The van der Waals surface area contributed by atoms with Crippen molar-refractivity contribution in [2.24, 2.45) is 0 Å². The van der Waals surface area contributed by atoms with Crippen molar-refractivity contribution in [1.29, 1.82) is 0 Å². The first-order chi connectivity index (χ1) is 11.9. The number of hydrogen-bond donors (Lipinski definition) is 2. The third-order valence-corrected chi connectivity index (χ3v) is 5.70. The summed E-state index contributed by atoms with van der Waals surface area (Å²) in [5, 5.41) is 23.5. The second-order valence-corrected chi connectivity index (χ2v) is 10.3. The van der Waals surface area contributed by atoms with E-state index in [-0.39, 0.29) is 29.3 Å². The zero-order chi connectivity index (χ0) is 19.3. The molecule has 0 amide bonds. The molecule has 1 aliphatic rings. The molecule has 27 heavy (non-hydrogen) atoms. The SMILES string of the molecule is CC(C)(C)c1cc(-c2csc(CN3CC(O)C3)n2)cc(C(C)(C)C)c1O.Cl. The van der Waals surface area contributed by atoms with Crippen LogP contribution in [0.3, 0.4) is 0 Å². The van der Waals surface area contributed by atoms with Gasteiger partial charge in [-0.05, 0) is 23.0 Å². The van der Waals surface area contributed by atoms with Gasteiger partial charge in [0, 0.05) is 35.2 Å². The molecule has 150 valence electrons. The van der Waals surface area contributed by atoms with Crippen molar-refractivity contribution >= 4 is 23.7 Å². The monoisotopic (exact) mass is 410 g/mol. The van der Waals surface area contributed by atoms with Crippen molar-refractivity contribution in [1.82, 2.24) is 9.88 Å². The van der Waals surface area contributed by atoms with Gasteiger partial charge in [-0.15, -0.1) is 23.7 Å². The summed E-state index contributed by atoms with van der Waals surface area (Å²) in [7, 11) is 0. The highest BCUT2D eigenvalue weighted by atomic mass is 35.5. The van der Waals surface area contributed by atoms with Gasteiger partial charge in [0.15, 0.2) is 0 Å². The van der Waals surface area contributed by atoms with Crippen molar-refractivity contribution in [2.75, 3.05) is 13.1 Å². The van der Waals surface area contributed by atoms with E-state index in [1.165, 1.54) is 0 Å². The molecule has 0 spiro atoms. The van der Waals surface area contributed by atoms with Crippen molar-refractivity contribution in [3.8, 4) is 17.0 Å². The van der Waals surface area contributed by atoms with Crippen LogP contribution in [0, 0.1) is 0 Å². The molecule has 0 atom stereocenters. The first-order valence-electron chi connectivity index (χ1n) is 9.18. The lowest BCUT2D eigenvalue weighted by molar-refractivity contribution is -0.00287. The van der Waals surface area contributed by atoms with Crippen LogP contribution in [0.15, 0.2) is 17.5 Å². The minimum absolute atomic E-state index is 0. The van der Waals surface area contributed by atoms with Gasteiger partial charge in [0.05, 0.1) is 18.3 Å². The number of rotatable bonds is 3. The smallest absolute Gasteiger partial charge is 0.123 e. The van der Waals surface area contributed by atoms with Gasteiger partial charge >= 0.3 is 0 Å². The predicted molar refractivity (Wildman–Crippen MR) is 115 cm³/mol. The number of nitrogens with zero attached hydrogens (tertiary/aromatic N) is 2. The number of aromatic hydroxyl groups is 1. The maximum Gasteiger partial charge on any atom is 0.123 e. The molecule has 0 aliphatic carbocycles. The van der Waals surface area contributed by atoms with Crippen molar-refractivity contribution in [2.45, 2.75) is 65.0 Å². The first-order valence-corrected chi connectivity index (χ1v) is 10.1. The molecule has 0 unspecified atom stereocenters. The van der Waals surface area contributed by atoms with Crippen molar-refractivity contribution in [3.05, 3.63) is 33.6 Å². The molecular weight excluding hydrogens is 380 g/mol. The Balaban J connectivity index is 0.00000261. The normalized spacial score (nSPS) is 16.1. The second kappa shape index (κ2) is 7.70. The molecule has 1 aliphatic heterocycles. The van der Waals surface area contributed by atoms with Gasteiger partial charge in [-0.3, -0.25) is 4.90 Å². The number of halogens is 1. The van der Waals surface area contributed by atoms with Crippen LogP contribution >= 0.6 is 23.7 Å². The van der Waals surface area contributed by atoms with Gasteiger partial charge in [-0.2, -0.15) is 0 Å². The van der Waals surface area contributed by atoms with E-state index in [1.54, 1.807) is 11.3 Å².